The predicted octanol–water partition coefficient (Wildman–Crippen LogP) is 2.59. The number of nitrogens with zero attached hydrogens (tertiary/aromatic N) is 2. The molecule has 0 amide bonds. The van der Waals surface area contributed by atoms with E-state index in [0.717, 1.165) is 12.0 Å². The molecule has 0 aromatic carbocycles. The van der Waals surface area contributed by atoms with Crippen molar-refractivity contribution < 1.29 is 0 Å². The summed E-state index contributed by atoms with van der Waals surface area (Å²) in [5.41, 5.74) is 0. The molecule has 94 valence electrons. The van der Waals surface area contributed by atoms with Crippen molar-refractivity contribution in [3.8, 4) is 0 Å². The van der Waals surface area contributed by atoms with Gasteiger partial charge in [-0.05, 0) is 65.6 Å². The molecule has 0 bridgehead atoms. The molecule has 16 heavy (non-hydrogen) atoms. The summed E-state index contributed by atoms with van der Waals surface area (Å²) >= 11 is 0. The van der Waals surface area contributed by atoms with Crippen LogP contribution in [0.3, 0.4) is 0 Å². The SMILES string of the molecule is CC(C)N(C)C[C@H]1CCCN2CCCC[C@H]12. The zero-order chi connectivity index (χ0) is 11.5. The van der Waals surface area contributed by atoms with Crippen molar-refractivity contribution in [2.24, 2.45) is 5.92 Å². The third-order valence-corrected chi connectivity index (χ3v) is 4.63. The van der Waals surface area contributed by atoms with Crippen LogP contribution in [0.15, 0.2) is 0 Å². The quantitative estimate of drug-likeness (QED) is 0.727. The fourth-order valence-corrected chi connectivity index (χ4v) is 3.37. The lowest BCUT2D eigenvalue weighted by molar-refractivity contribution is 0.0402. The molecule has 2 heterocycles. The second kappa shape index (κ2) is 5.50. The highest BCUT2D eigenvalue weighted by atomic mass is 15.2. The van der Waals surface area contributed by atoms with Crippen LogP contribution < -0.4 is 0 Å². The maximum atomic E-state index is 2.77. The largest absolute Gasteiger partial charge is 0.304 e. The Morgan fingerprint density at radius 3 is 2.62 bits per heavy atom. The maximum absolute atomic E-state index is 2.77. The van der Waals surface area contributed by atoms with Gasteiger partial charge in [-0.2, -0.15) is 0 Å². The molecular weight excluding hydrogens is 196 g/mol. The van der Waals surface area contributed by atoms with Gasteiger partial charge in [-0.25, -0.2) is 0 Å². The summed E-state index contributed by atoms with van der Waals surface area (Å²) in [4.78, 5) is 5.30. The molecule has 2 atom stereocenters. The molecule has 0 aromatic rings. The van der Waals surface area contributed by atoms with Crippen molar-refractivity contribution in [2.45, 2.75) is 58.0 Å². The molecule has 0 spiro atoms. The van der Waals surface area contributed by atoms with Gasteiger partial charge in [0.15, 0.2) is 0 Å². The van der Waals surface area contributed by atoms with Gasteiger partial charge in [0.25, 0.3) is 0 Å². The van der Waals surface area contributed by atoms with E-state index >= 15 is 0 Å². The summed E-state index contributed by atoms with van der Waals surface area (Å²) in [6, 6.07) is 1.60. The van der Waals surface area contributed by atoms with Crippen molar-refractivity contribution in [1.82, 2.24) is 9.80 Å². The fraction of sp³-hybridized carbons (Fsp3) is 1.00. The van der Waals surface area contributed by atoms with Crippen molar-refractivity contribution >= 4 is 0 Å². The minimum absolute atomic E-state index is 0.693. The van der Waals surface area contributed by atoms with Crippen molar-refractivity contribution in [3.63, 3.8) is 0 Å². The Kier molecular flexibility index (Phi) is 4.26. The Morgan fingerprint density at radius 1 is 1.12 bits per heavy atom. The van der Waals surface area contributed by atoms with E-state index in [4.69, 9.17) is 0 Å². The van der Waals surface area contributed by atoms with Gasteiger partial charge in [0, 0.05) is 18.6 Å². The van der Waals surface area contributed by atoms with Crippen LogP contribution in [-0.4, -0.2) is 48.6 Å². The lowest BCUT2D eigenvalue weighted by atomic mass is 9.83. The van der Waals surface area contributed by atoms with Gasteiger partial charge in [-0.1, -0.05) is 6.42 Å². The highest BCUT2D eigenvalue weighted by Gasteiger charge is 2.33. The van der Waals surface area contributed by atoms with E-state index in [-0.39, 0.29) is 0 Å². The summed E-state index contributed by atoms with van der Waals surface area (Å²) in [7, 11) is 2.28. The lowest BCUT2D eigenvalue weighted by Crippen LogP contribution is -2.51. The third-order valence-electron chi connectivity index (χ3n) is 4.63. The van der Waals surface area contributed by atoms with Gasteiger partial charge in [0.1, 0.15) is 0 Å². The zero-order valence-electron chi connectivity index (χ0n) is 11.3. The number of hydrogen-bond donors (Lipinski definition) is 0. The highest BCUT2D eigenvalue weighted by Crippen LogP contribution is 2.31. The van der Waals surface area contributed by atoms with Crippen LogP contribution in [0.1, 0.15) is 46.0 Å². The molecule has 0 N–H and O–H groups in total. The number of piperidine rings is 2. The molecule has 0 aliphatic carbocycles. The maximum Gasteiger partial charge on any atom is 0.0136 e. The predicted molar refractivity (Wildman–Crippen MR) is 69.7 cm³/mol. The summed E-state index contributed by atoms with van der Waals surface area (Å²) < 4.78 is 0. The molecule has 2 nitrogen and oxygen atoms in total. The zero-order valence-corrected chi connectivity index (χ0v) is 11.3. The van der Waals surface area contributed by atoms with Gasteiger partial charge in [-0.3, -0.25) is 0 Å². The highest BCUT2D eigenvalue weighted by molar-refractivity contribution is 4.88. The topological polar surface area (TPSA) is 6.48 Å². The average molecular weight is 224 g/mol. The van der Waals surface area contributed by atoms with Crippen LogP contribution in [0.2, 0.25) is 0 Å². The average Bonchev–Trinajstić information content (AvgIpc) is 2.29. The Balaban J connectivity index is 1.92. The van der Waals surface area contributed by atoms with E-state index in [9.17, 15) is 0 Å². The Bertz CT molecular complexity index is 213. The third kappa shape index (κ3) is 2.78. The number of rotatable bonds is 3. The van der Waals surface area contributed by atoms with E-state index in [0.29, 0.717) is 6.04 Å². The van der Waals surface area contributed by atoms with Crippen LogP contribution in [0, 0.1) is 5.92 Å². The molecular formula is C14H28N2. The monoisotopic (exact) mass is 224 g/mol. The van der Waals surface area contributed by atoms with E-state index < -0.39 is 0 Å². The normalized spacial score (nSPS) is 32.1. The van der Waals surface area contributed by atoms with E-state index in [1.54, 1.807) is 0 Å². The minimum Gasteiger partial charge on any atom is -0.304 e. The van der Waals surface area contributed by atoms with Crippen LogP contribution >= 0.6 is 0 Å². The molecule has 0 aromatic heterocycles. The smallest absolute Gasteiger partial charge is 0.0136 e. The van der Waals surface area contributed by atoms with Crippen LogP contribution in [0.4, 0.5) is 0 Å². The molecule has 2 aliphatic heterocycles. The lowest BCUT2D eigenvalue weighted by Gasteiger charge is -2.45. The molecule has 2 fully saturated rings. The van der Waals surface area contributed by atoms with Gasteiger partial charge in [-0.15, -0.1) is 0 Å². The summed E-state index contributed by atoms with van der Waals surface area (Å²) in [5, 5.41) is 0. The molecule has 2 rings (SSSR count). The molecule has 0 saturated carbocycles. The standard InChI is InChI=1S/C14H28N2/c1-12(2)15(3)11-13-7-6-10-16-9-5-4-8-14(13)16/h12-14H,4-11H2,1-3H3/t13-,14-/m1/s1. The van der Waals surface area contributed by atoms with Crippen LogP contribution in [0.5, 0.6) is 0 Å². The molecule has 2 saturated heterocycles. The van der Waals surface area contributed by atoms with Gasteiger partial charge >= 0.3 is 0 Å². The van der Waals surface area contributed by atoms with E-state index in [1.807, 2.05) is 0 Å². The van der Waals surface area contributed by atoms with Crippen molar-refractivity contribution in [2.75, 3.05) is 26.7 Å². The van der Waals surface area contributed by atoms with E-state index in [1.165, 1.54) is 51.7 Å². The van der Waals surface area contributed by atoms with Gasteiger partial charge in [0.2, 0.25) is 0 Å². The van der Waals surface area contributed by atoms with Crippen molar-refractivity contribution in [1.29, 1.82) is 0 Å². The van der Waals surface area contributed by atoms with Gasteiger partial charge < -0.3 is 9.80 Å². The number of hydrogen-bond acceptors (Lipinski definition) is 2. The molecule has 0 radical (unpaired) electrons. The molecule has 0 unspecified atom stereocenters. The minimum atomic E-state index is 0.693. The first-order valence-corrected chi connectivity index (χ1v) is 7.13. The first kappa shape index (κ1) is 12.4. The first-order valence-electron chi connectivity index (χ1n) is 7.13. The van der Waals surface area contributed by atoms with Crippen LogP contribution in [0.25, 0.3) is 0 Å². The molecule has 2 aliphatic rings. The Hall–Kier alpha value is -0.0800. The van der Waals surface area contributed by atoms with Crippen molar-refractivity contribution in [3.05, 3.63) is 0 Å². The molecule has 2 heteroatoms. The first-order chi connectivity index (χ1) is 7.68. The Labute approximate surface area is 101 Å². The van der Waals surface area contributed by atoms with Crippen LogP contribution in [-0.2, 0) is 0 Å². The second-order valence-corrected chi connectivity index (χ2v) is 6.03. The Morgan fingerprint density at radius 2 is 1.88 bits per heavy atom. The summed E-state index contributed by atoms with van der Waals surface area (Å²) in [6.45, 7) is 8.65. The number of fused-ring (bicyclic) bond motifs is 1. The summed E-state index contributed by atoms with van der Waals surface area (Å²) in [5.74, 6) is 0.932. The van der Waals surface area contributed by atoms with Gasteiger partial charge in [0.05, 0.1) is 0 Å². The summed E-state index contributed by atoms with van der Waals surface area (Å²) in [6.07, 6.45) is 7.23. The van der Waals surface area contributed by atoms with E-state index in [2.05, 4.69) is 30.7 Å². The fourth-order valence-electron chi connectivity index (χ4n) is 3.37. The second-order valence-electron chi connectivity index (χ2n) is 6.03.